The highest BCUT2D eigenvalue weighted by molar-refractivity contribution is 4.24. The second kappa shape index (κ2) is 5.65. The molecule has 0 atom stereocenters. The van der Waals surface area contributed by atoms with Crippen molar-refractivity contribution in [1.82, 2.24) is 0 Å². The van der Waals surface area contributed by atoms with Crippen LogP contribution in [0.2, 0.25) is 0 Å². The Balaban J connectivity index is 4.48. The number of quaternary nitrogens is 3. The zero-order valence-corrected chi connectivity index (χ0v) is 5.95. The van der Waals surface area contributed by atoms with Crippen molar-refractivity contribution in [2.75, 3.05) is 0 Å². The van der Waals surface area contributed by atoms with Gasteiger partial charge in [0.25, 0.3) is 0 Å². The van der Waals surface area contributed by atoms with Crippen LogP contribution in [0.4, 0.5) is 0 Å². The van der Waals surface area contributed by atoms with E-state index >= 15 is 0 Å². The molecule has 0 aliphatic carbocycles. The van der Waals surface area contributed by atoms with Gasteiger partial charge in [0.2, 0.25) is 0 Å². The van der Waals surface area contributed by atoms with Gasteiger partial charge in [-0.3, -0.25) is 10.1 Å². The van der Waals surface area contributed by atoms with Crippen LogP contribution < -0.4 is 16.9 Å². The molecule has 0 amide bonds. The van der Waals surface area contributed by atoms with Gasteiger partial charge in [0.15, 0.2) is 0 Å². The molecule has 0 radical (unpaired) electrons. The molecule has 78 valence electrons. The van der Waals surface area contributed by atoms with Crippen LogP contribution in [0, 0.1) is 25.7 Å². The first kappa shape index (κ1) is 12.0. The number of nitro groups is 1. The van der Waals surface area contributed by atoms with Gasteiger partial charge in [-0.15, -0.1) is 0 Å². The van der Waals surface area contributed by atoms with Gasteiger partial charge < -0.3 is 15.6 Å². The Morgan fingerprint density at radius 1 is 1.00 bits per heavy atom. The van der Waals surface area contributed by atoms with E-state index in [1.54, 1.807) is 0 Å². The largest absolute Gasteiger partial charge is 0.707 e. The smallest absolute Gasteiger partial charge is 0.601 e. The van der Waals surface area contributed by atoms with Gasteiger partial charge in [0, 0.05) is 0 Å². The maximum absolute atomic E-state index is 10.1. The summed E-state index contributed by atoms with van der Waals surface area (Å²) in [6.45, 7) is 0. The Bertz CT molecular complexity index is 143. The zero-order valence-electron chi connectivity index (χ0n) is 5.95. The Labute approximate surface area is 69.5 Å². The molecule has 12 nitrogen and oxygen atoms in total. The topological polar surface area (TPSA) is 190 Å². The first-order valence-electron chi connectivity index (χ1n) is 2.62. The third-order valence-corrected chi connectivity index (χ3v) is 0.815. The van der Waals surface area contributed by atoms with Crippen molar-refractivity contribution < 1.29 is 36.4 Å². The zero-order chi connectivity index (χ0) is 10.3. The fourth-order valence-corrected chi connectivity index (χ4v) is 0.395. The summed E-state index contributed by atoms with van der Waals surface area (Å²) in [7, 11) is 0. The summed E-state index contributed by atoms with van der Waals surface area (Å²) in [6.07, 6.45) is -3.23. The monoisotopic (exact) mass is 202 g/mol. The molecule has 0 saturated heterocycles. The van der Waals surface area contributed by atoms with Gasteiger partial charge in [0.05, 0.1) is 0 Å². The van der Waals surface area contributed by atoms with Crippen molar-refractivity contribution in [3.63, 3.8) is 0 Å². The minimum Gasteiger partial charge on any atom is -0.601 e. The van der Waals surface area contributed by atoms with Crippen LogP contribution in [0.1, 0.15) is 0 Å². The predicted octanol–water partition coefficient (Wildman–Crippen LogP) is -5.15. The van der Waals surface area contributed by atoms with Crippen molar-refractivity contribution in [1.29, 1.82) is 0 Å². The number of hydrogen-bond acceptors (Lipinski definition) is 8. The fourth-order valence-electron chi connectivity index (χ4n) is 0.395. The van der Waals surface area contributed by atoms with Crippen LogP contribution in [0.25, 0.3) is 0 Å². The lowest BCUT2D eigenvalue weighted by Crippen LogP contribution is -2.94. The quantitative estimate of drug-likeness (QED) is 0.207. The summed E-state index contributed by atoms with van der Waals surface area (Å²) in [5.74, 6) is 0. The van der Waals surface area contributed by atoms with E-state index in [0.717, 1.165) is 0 Å². The maximum Gasteiger partial charge on any atom is 0.707 e. The Morgan fingerprint density at radius 2 is 1.31 bits per heavy atom. The molecule has 0 spiro atoms. The van der Waals surface area contributed by atoms with Crippen LogP contribution in [0.3, 0.4) is 0 Å². The molecule has 12 heteroatoms. The molecular weight excluding hydrogens is 196 g/mol. The van der Waals surface area contributed by atoms with E-state index in [9.17, 15) is 25.7 Å². The van der Waals surface area contributed by atoms with Crippen molar-refractivity contribution in [2.45, 2.75) is 6.10 Å². The van der Waals surface area contributed by atoms with Gasteiger partial charge in [-0.25, -0.2) is 16.9 Å². The van der Waals surface area contributed by atoms with E-state index in [4.69, 9.17) is 0 Å². The SMILES string of the molecule is O=[N+]([O-])C(O[NH2+][O-])(O[NH2+][O-])O[NH2+][O-]. The van der Waals surface area contributed by atoms with Gasteiger partial charge in [-0.1, -0.05) is 14.5 Å². The second-order valence-electron chi connectivity index (χ2n) is 1.42. The van der Waals surface area contributed by atoms with Gasteiger partial charge in [0.1, 0.15) is 4.92 Å². The molecule has 0 aliphatic heterocycles. The van der Waals surface area contributed by atoms with E-state index in [1.807, 2.05) is 0 Å². The minimum atomic E-state index is -3.23. The third kappa shape index (κ3) is 3.11. The number of nitrogens with zero attached hydrogens (tertiary/aromatic N) is 1. The standard InChI is InChI=1S/CH6N4O8/c6-2-11-1(5(9)10,12-3-7)13-4-8/h2-4H2. The second-order valence-corrected chi connectivity index (χ2v) is 1.42. The lowest BCUT2D eigenvalue weighted by atomic mass is 11.0. The maximum atomic E-state index is 10.1. The average Bonchev–Trinajstić information content (AvgIpc) is 2.05. The molecule has 0 aromatic carbocycles. The van der Waals surface area contributed by atoms with E-state index in [1.165, 1.54) is 0 Å². The summed E-state index contributed by atoms with van der Waals surface area (Å²) in [5.41, 5.74) is -1.22. The number of nitrogens with two attached hydrogens (primary N) is 3. The van der Waals surface area contributed by atoms with E-state index < -0.39 is 28.0 Å². The van der Waals surface area contributed by atoms with Crippen LogP contribution in [0.15, 0.2) is 0 Å². The molecule has 0 rings (SSSR count). The third-order valence-electron chi connectivity index (χ3n) is 0.815. The molecule has 0 aromatic rings. The number of rotatable bonds is 7. The first-order chi connectivity index (χ1) is 6.13. The first-order valence-corrected chi connectivity index (χ1v) is 2.62. The summed E-state index contributed by atoms with van der Waals surface area (Å²) in [5, 5.41) is 39.4. The van der Waals surface area contributed by atoms with Crippen molar-refractivity contribution in [3.8, 4) is 0 Å². The Kier molecular flexibility index (Phi) is 5.23. The predicted molar refractivity (Wildman–Crippen MR) is 28.9 cm³/mol. The molecular formula is CH6N4O8. The van der Waals surface area contributed by atoms with Crippen LogP contribution in [0.5, 0.6) is 0 Å². The highest BCUT2D eigenvalue weighted by Gasteiger charge is 2.58. The number of hydrogen-bond donors (Lipinski definition) is 3. The molecule has 0 heterocycles. The van der Waals surface area contributed by atoms with Crippen LogP contribution in [-0.4, -0.2) is 11.0 Å². The summed E-state index contributed by atoms with van der Waals surface area (Å²) < 4.78 is 0. The highest BCUT2D eigenvalue weighted by Crippen LogP contribution is 2.05. The van der Waals surface area contributed by atoms with Crippen molar-refractivity contribution in [3.05, 3.63) is 25.7 Å². The average molecular weight is 202 g/mol. The Hall–Kier alpha value is -0.960. The van der Waals surface area contributed by atoms with E-state index in [0.29, 0.717) is 0 Å². The van der Waals surface area contributed by atoms with Gasteiger partial charge >= 0.3 is 6.10 Å². The van der Waals surface area contributed by atoms with Crippen molar-refractivity contribution >= 4 is 0 Å². The summed E-state index contributed by atoms with van der Waals surface area (Å²) >= 11 is 0. The van der Waals surface area contributed by atoms with Crippen molar-refractivity contribution in [2.24, 2.45) is 0 Å². The molecule has 0 fully saturated rings. The van der Waals surface area contributed by atoms with Gasteiger partial charge in [-0.2, -0.15) is 0 Å². The lowest BCUT2D eigenvalue weighted by Gasteiger charge is -2.17. The lowest BCUT2D eigenvalue weighted by molar-refractivity contribution is -1.10. The minimum absolute atomic E-state index is 0.407. The molecule has 0 unspecified atom stereocenters. The molecule has 0 bridgehead atoms. The molecule has 6 N–H and O–H groups in total. The molecule has 0 saturated carbocycles. The van der Waals surface area contributed by atoms with E-state index in [-0.39, 0.29) is 0 Å². The molecule has 0 aliphatic rings. The summed E-state index contributed by atoms with van der Waals surface area (Å²) in [4.78, 5) is 19.8. The van der Waals surface area contributed by atoms with Gasteiger partial charge in [-0.05, 0) is 0 Å². The highest BCUT2D eigenvalue weighted by atomic mass is 17.1. The fraction of sp³-hybridized carbons (Fsp3) is 1.00. The molecule has 13 heavy (non-hydrogen) atoms. The molecule has 0 aromatic heterocycles. The normalized spacial score (nSPS) is 11.6. The Morgan fingerprint density at radius 3 is 1.46 bits per heavy atom. The van der Waals surface area contributed by atoms with Crippen LogP contribution >= 0.6 is 0 Å². The van der Waals surface area contributed by atoms with E-state index in [2.05, 4.69) is 14.5 Å². The van der Waals surface area contributed by atoms with Crippen LogP contribution in [-0.2, 0) is 14.5 Å². The summed E-state index contributed by atoms with van der Waals surface area (Å²) in [6, 6.07) is 0.